The van der Waals surface area contributed by atoms with Gasteiger partial charge in [0, 0.05) is 23.2 Å². The molecule has 1 heterocycles. The second-order valence-corrected chi connectivity index (χ2v) is 7.53. The van der Waals surface area contributed by atoms with Crippen LogP contribution in [-0.2, 0) is 14.8 Å². The van der Waals surface area contributed by atoms with E-state index in [1.165, 1.54) is 10.4 Å². The quantitative estimate of drug-likeness (QED) is 0.827. The molecule has 2 atom stereocenters. The zero-order valence-corrected chi connectivity index (χ0v) is 13.2. The lowest BCUT2D eigenvalue weighted by molar-refractivity contribution is -0.0440. The third-order valence-corrected chi connectivity index (χ3v) is 5.78. The standard InChI is InChI=1S/C12H17BrN2O3S/c1-8-6-15(7-9(2)18-8)19(16,17)12-5-10(14)3-4-11(12)13/h3-5,8-9H,6-7,14H2,1-2H3/t8-,9+. The van der Waals surface area contributed by atoms with E-state index in [2.05, 4.69) is 15.9 Å². The number of morpholine rings is 1. The van der Waals surface area contributed by atoms with Gasteiger partial charge in [-0.3, -0.25) is 0 Å². The Bertz CT molecular complexity index is 566. The minimum absolute atomic E-state index is 0.113. The molecule has 2 N–H and O–H groups in total. The van der Waals surface area contributed by atoms with Crippen molar-refractivity contribution in [1.29, 1.82) is 0 Å². The largest absolute Gasteiger partial charge is 0.399 e. The molecule has 2 rings (SSSR count). The number of halogens is 1. The second kappa shape index (κ2) is 5.40. The first kappa shape index (κ1) is 14.8. The highest BCUT2D eigenvalue weighted by Crippen LogP contribution is 2.28. The SMILES string of the molecule is C[C@@H]1CN(S(=O)(=O)c2cc(N)ccc2Br)C[C@H](C)O1. The van der Waals surface area contributed by atoms with E-state index in [-0.39, 0.29) is 17.1 Å². The van der Waals surface area contributed by atoms with Crippen LogP contribution in [0, 0.1) is 0 Å². The Hall–Kier alpha value is -0.630. The highest BCUT2D eigenvalue weighted by atomic mass is 79.9. The van der Waals surface area contributed by atoms with E-state index >= 15 is 0 Å². The molecule has 1 aromatic rings. The van der Waals surface area contributed by atoms with E-state index < -0.39 is 10.0 Å². The number of ether oxygens (including phenoxy) is 1. The van der Waals surface area contributed by atoms with Crippen LogP contribution in [0.1, 0.15) is 13.8 Å². The first-order valence-electron chi connectivity index (χ1n) is 6.01. The van der Waals surface area contributed by atoms with Crippen LogP contribution in [0.4, 0.5) is 5.69 Å². The molecule has 1 saturated heterocycles. The minimum atomic E-state index is -3.55. The van der Waals surface area contributed by atoms with Gasteiger partial charge in [-0.05, 0) is 48.0 Å². The average molecular weight is 349 g/mol. The van der Waals surface area contributed by atoms with Gasteiger partial charge in [0.1, 0.15) is 0 Å². The maximum atomic E-state index is 12.6. The Morgan fingerprint density at radius 1 is 1.32 bits per heavy atom. The molecule has 0 radical (unpaired) electrons. The number of benzene rings is 1. The van der Waals surface area contributed by atoms with Gasteiger partial charge in [0.2, 0.25) is 10.0 Å². The van der Waals surface area contributed by atoms with Crippen molar-refractivity contribution in [3.63, 3.8) is 0 Å². The molecule has 106 valence electrons. The molecule has 7 heteroatoms. The fourth-order valence-electron chi connectivity index (χ4n) is 2.18. The first-order valence-corrected chi connectivity index (χ1v) is 8.24. The third kappa shape index (κ3) is 3.10. The molecule has 19 heavy (non-hydrogen) atoms. The van der Waals surface area contributed by atoms with Gasteiger partial charge < -0.3 is 10.5 Å². The van der Waals surface area contributed by atoms with Crippen LogP contribution in [0.5, 0.6) is 0 Å². The Morgan fingerprint density at radius 2 is 1.89 bits per heavy atom. The molecule has 5 nitrogen and oxygen atoms in total. The maximum Gasteiger partial charge on any atom is 0.244 e. The number of hydrogen-bond donors (Lipinski definition) is 1. The number of hydrogen-bond acceptors (Lipinski definition) is 4. The predicted molar refractivity (Wildman–Crippen MR) is 77.3 cm³/mol. The lowest BCUT2D eigenvalue weighted by Gasteiger charge is -2.34. The Morgan fingerprint density at radius 3 is 2.47 bits per heavy atom. The van der Waals surface area contributed by atoms with E-state index in [1.807, 2.05) is 13.8 Å². The van der Waals surface area contributed by atoms with Gasteiger partial charge in [0.15, 0.2) is 0 Å². The number of sulfonamides is 1. The van der Waals surface area contributed by atoms with Gasteiger partial charge in [-0.1, -0.05) is 0 Å². The molecule has 1 fully saturated rings. The molecule has 0 aliphatic carbocycles. The topological polar surface area (TPSA) is 72.6 Å². The second-order valence-electron chi connectivity index (χ2n) is 4.77. The predicted octanol–water partition coefficient (Wildman–Crippen LogP) is 1.83. The van der Waals surface area contributed by atoms with Gasteiger partial charge in [-0.25, -0.2) is 8.42 Å². The van der Waals surface area contributed by atoms with Gasteiger partial charge >= 0.3 is 0 Å². The fourth-order valence-corrected chi connectivity index (χ4v) is 4.73. The van der Waals surface area contributed by atoms with E-state index in [9.17, 15) is 8.42 Å². The summed E-state index contributed by atoms with van der Waals surface area (Å²) >= 11 is 3.27. The molecule has 0 saturated carbocycles. The maximum absolute atomic E-state index is 12.6. The van der Waals surface area contributed by atoms with Crippen molar-refractivity contribution in [2.75, 3.05) is 18.8 Å². The van der Waals surface area contributed by atoms with E-state index in [1.54, 1.807) is 12.1 Å². The molecule has 0 unspecified atom stereocenters. The summed E-state index contributed by atoms with van der Waals surface area (Å²) < 4.78 is 32.8. The molecule has 1 aliphatic rings. The highest BCUT2D eigenvalue weighted by Gasteiger charge is 2.33. The summed E-state index contributed by atoms with van der Waals surface area (Å²) in [6, 6.07) is 4.79. The Labute approximate surface area is 121 Å². The summed E-state index contributed by atoms with van der Waals surface area (Å²) in [7, 11) is -3.55. The first-order chi connectivity index (χ1) is 8.80. The molecule has 0 amide bonds. The molecule has 1 aromatic carbocycles. The summed E-state index contributed by atoms with van der Waals surface area (Å²) in [6.07, 6.45) is -0.225. The summed E-state index contributed by atoms with van der Waals surface area (Å²) in [5.41, 5.74) is 6.11. The fraction of sp³-hybridized carbons (Fsp3) is 0.500. The normalized spacial score (nSPS) is 25.4. The number of nitrogen functional groups attached to an aromatic ring is 1. The summed E-state index contributed by atoms with van der Waals surface area (Å²) in [5.74, 6) is 0. The van der Waals surface area contributed by atoms with Crippen LogP contribution >= 0.6 is 15.9 Å². The van der Waals surface area contributed by atoms with Gasteiger partial charge in [0.25, 0.3) is 0 Å². The summed E-state index contributed by atoms with van der Waals surface area (Å²) in [4.78, 5) is 0.203. The monoisotopic (exact) mass is 348 g/mol. The molecular formula is C12H17BrN2O3S. The van der Waals surface area contributed by atoms with Crippen LogP contribution in [-0.4, -0.2) is 38.0 Å². The van der Waals surface area contributed by atoms with Crippen LogP contribution in [0.25, 0.3) is 0 Å². The van der Waals surface area contributed by atoms with Crippen molar-refractivity contribution in [1.82, 2.24) is 4.31 Å². The number of nitrogens with zero attached hydrogens (tertiary/aromatic N) is 1. The molecule has 0 bridgehead atoms. The Balaban J connectivity index is 2.39. The van der Waals surface area contributed by atoms with Crippen LogP contribution in [0.3, 0.4) is 0 Å². The molecule has 0 aromatic heterocycles. The summed E-state index contributed by atoms with van der Waals surface area (Å²) in [5, 5.41) is 0. The highest BCUT2D eigenvalue weighted by molar-refractivity contribution is 9.10. The summed E-state index contributed by atoms with van der Waals surface area (Å²) in [6.45, 7) is 4.45. The van der Waals surface area contributed by atoms with Crippen molar-refractivity contribution < 1.29 is 13.2 Å². The van der Waals surface area contributed by atoms with Crippen molar-refractivity contribution in [3.05, 3.63) is 22.7 Å². The van der Waals surface area contributed by atoms with Gasteiger partial charge in [0.05, 0.1) is 17.1 Å². The smallest absolute Gasteiger partial charge is 0.244 e. The van der Waals surface area contributed by atoms with E-state index in [4.69, 9.17) is 10.5 Å². The van der Waals surface area contributed by atoms with Crippen molar-refractivity contribution in [2.24, 2.45) is 0 Å². The van der Waals surface area contributed by atoms with Crippen molar-refractivity contribution in [3.8, 4) is 0 Å². The average Bonchev–Trinajstić information content (AvgIpc) is 2.31. The van der Waals surface area contributed by atoms with Crippen LogP contribution < -0.4 is 5.73 Å². The Kier molecular flexibility index (Phi) is 4.20. The number of anilines is 1. The molecular weight excluding hydrogens is 332 g/mol. The minimum Gasteiger partial charge on any atom is -0.399 e. The lowest BCUT2D eigenvalue weighted by Crippen LogP contribution is -2.48. The number of rotatable bonds is 2. The van der Waals surface area contributed by atoms with Crippen LogP contribution in [0.2, 0.25) is 0 Å². The molecule has 0 spiro atoms. The van der Waals surface area contributed by atoms with Gasteiger partial charge in [-0.2, -0.15) is 4.31 Å². The molecule has 1 aliphatic heterocycles. The third-order valence-electron chi connectivity index (χ3n) is 2.96. The zero-order chi connectivity index (χ0) is 14.2. The van der Waals surface area contributed by atoms with Crippen molar-refractivity contribution >= 4 is 31.6 Å². The lowest BCUT2D eigenvalue weighted by atomic mass is 10.3. The van der Waals surface area contributed by atoms with Gasteiger partial charge in [-0.15, -0.1) is 0 Å². The van der Waals surface area contributed by atoms with Crippen molar-refractivity contribution in [2.45, 2.75) is 31.0 Å². The zero-order valence-electron chi connectivity index (χ0n) is 10.8. The van der Waals surface area contributed by atoms with E-state index in [0.717, 1.165) is 0 Å². The number of nitrogens with two attached hydrogens (primary N) is 1. The van der Waals surface area contributed by atoms with E-state index in [0.29, 0.717) is 23.2 Å². The van der Waals surface area contributed by atoms with Crippen LogP contribution in [0.15, 0.2) is 27.6 Å².